The van der Waals surface area contributed by atoms with Crippen molar-refractivity contribution in [1.29, 1.82) is 0 Å². The topological polar surface area (TPSA) is 37.9 Å². The minimum absolute atomic E-state index is 0.846. The fourth-order valence-electron chi connectivity index (χ4n) is 2.17. The molecule has 0 aliphatic heterocycles. The van der Waals surface area contributed by atoms with Crippen molar-refractivity contribution in [2.24, 2.45) is 0 Å². The van der Waals surface area contributed by atoms with Gasteiger partial charge < -0.3 is 9.72 Å². The zero-order valence-electron chi connectivity index (χ0n) is 9.54. The maximum Gasteiger partial charge on any atom is 0.143 e. The van der Waals surface area contributed by atoms with Gasteiger partial charge in [-0.1, -0.05) is 15.9 Å². The summed E-state index contributed by atoms with van der Waals surface area (Å²) in [4.78, 5) is 7.69. The van der Waals surface area contributed by atoms with E-state index in [1.165, 1.54) is 5.39 Å². The van der Waals surface area contributed by atoms with Gasteiger partial charge in [-0.2, -0.15) is 0 Å². The second-order valence-electron chi connectivity index (χ2n) is 3.94. The van der Waals surface area contributed by atoms with Gasteiger partial charge in [0.25, 0.3) is 0 Å². The van der Waals surface area contributed by atoms with Crippen LogP contribution in [0.2, 0.25) is 0 Å². The van der Waals surface area contributed by atoms with Gasteiger partial charge in [0.2, 0.25) is 0 Å². The lowest BCUT2D eigenvalue weighted by molar-refractivity contribution is 0.419. The molecule has 0 amide bonds. The Hall–Kier alpha value is -1.55. The van der Waals surface area contributed by atoms with E-state index in [4.69, 9.17) is 4.74 Å². The number of H-pyrrole nitrogens is 1. The maximum absolute atomic E-state index is 5.38. The number of nitrogens with zero attached hydrogens (tertiary/aromatic N) is 1. The SMILES string of the molecule is COc1ccc(Br)c2c1[nH]c1c(C)nccc12. The molecule has 0 radical (unpaired) electrons. The number of methoxy groups -OCH3 is 1. The van der Waals surface area contributed by atoms with Gasteiger partial charge in [-0.15, -0.1) is 0 Å². The van der Waals surface area contributed by atoms with Crippen LogP contribution in [-0.2, 0) is 0 Å². The quantitative estimate of drug-likeness (QED) is 0.740. The number of aromatic nitrogens is 2. The van der Waals surface area contributed by atoms with Crippen LogP contribution >= 0.6 is 15.9 Å². The lowest BCUT2D eigenvalue weighted by atomic mass is 10.1. The van der Waals surface area contributed by atoms with E-state index in [2.05, 4.69) is 25.9 Å². The van der Waals surface area contributed by atoms with E-state index in [0.717, 1.165) is 32.3 Å². The van der Waals surface area contributed by atoms with E-state index in [9.17, 15) is 0 Å². The van der Waals surface area contributed by atoms with Gasteiger partial charge in [-0.25, -0.2) is 0 Å². The van der Waals surface area contributed by atoms with Crippen molar-refractivity contribution in [3.05, 3.63) is 34.6 Å². The standard InChI is InChI=1S/C13H11BrN2O/c1-7-12-8(5-6-15-7)11-9(14)3-4-10(17-2)13(11)16-12/h3-6,16H,1-2H3. The molecule has 0 saturated heterocycles. The van der Waals surface area contributed by atoms with Crippen molar-refractivity contribution in [3.8, 4) is 5.75 Å². The van der Waals surface area contributed by atoms with Crippen LogP contribution < -0.4 is 4.74 Å². The van der Waals surface area contributed by atoms with Crippen LogP contribution in [0.5, 0.6) is 5.75 Å². The number of halogens is 1. The first-order valence-corrected chi connectivity index (χ1v) is 6.11. The molecule has 1 aromatic carbocycles. The second-order valence-corrected chi connectivity index (χ2v) is 4.80. The second kappa shape index (κ2) is 3.74. The number of aryl methyl sites for hydroxylation is 1. The lowest BCUT2D eigenvalue weighted by Gasteiger charge is -2.02. The molecule has 4 heteroatoms. The fourth-order valence-corrected chi connectivity index (χ4v) is 2.72. The Labute approximate surface area is 107 Å². The third-order valence-electron chi connectivity index (χ3n) is 3.00. The molecule has 86 valence electrons. The number of hydrogen-bond acceptors (Lipinski definition) is 2. The summed E-state index contributed by atoms with van der Waals surface area (Å²) in [6, 6.07) is 5.97. The first kappa shape index (κ1) is 10.6. The van der Waals surface area contributed by atoms with Crippen LogP contribution in [0, 0.1) is 6.92 Å². The van der Waals surface area contributed by atoms with E-state index in [1.807, 2.05) is 31.3 Å². The van der Waals surface area contributed by atoms with Crippen LogP contribution in [0.4, 0.5) is 0 Å². The van der Waals surface area contributed by atoms with Crippen LogP contribution in [0.3, 0.4) is 0 Å². The zero-order chi connectivity index (χ0) is 12.0. The van der Waals surface area contributed by atoms with E-state index < -0.39 is 0 Å². The Balaban J connectivity index is 2.59. The number of pyridine rings is 1. The molecule has 3 rings (SSSR count). The Bertz CT molecular complexity index is 718. The molecular formula is C13H11BrN2O. The van der Waals surface area contributed by atoms with Crippen molar-refractivity contribution in [1.82, 2.24) is 9.97 Å². The van der Waals surface area contributed by atoms with Crippen LogP contribution in [0.25, 0.3) is 21.8 Å². The average Bonchev–Trinajstić information content (AvgIpc) is 2.71. The molecule has 1 N–H and O–H groups in total. The van der Waals surface area contributed by atoms with E-state index >= 15 is 0 Å². The average molecular weight is 291 g/mol. The monoisotopic (exact) mass is 290 g/mol. The number of benzene rings is 1. The molecular weight excluding hydrogens is 280 g/mol. The van der Waals surface area contributed by atoms with Crippen molar-refractivity contribution < 1.29 is 4.74 Å². The predicted molar refractivity (Wildman–Crippen MR) is 72.6 cm³/mol. The van der Waals surface area contributed by atoms with E-state index in [1.54, 1.807) is 7.11 Å². The Morgan fingerprint density at radius 2 is 2.06 bits per heavy atom. The first-order chi connectivity index (χ1) is 8.22. The number of fused-ring (bicyclic) bond motifs is 3. The molecule has 0 atom stereocenters. The normalized spacial score (nSPS) is 11.2. The molecule has 0 unspecified atom stereocenters. The smallest absolute Gasteiger partial charge is 0.143 e. The summed E-state index contributed by atoms with van der Waals surface area (Å²) in [5.41, 5.74) is 3.06. The molecule has 0 aliphatic carbocycles. The molecule has 2 heterocycles. The Morgan fingerprint density at radius 1 is 1.24 bits per heavy atom. The summed E-state index contributed by atoms with van der Waals surface area (Å²) in [7, 11) is 1.68. The highest BCUT2D eigenvalue weighted by molar-refractivity contribution is 9.10. The van der Waals surface area contributed by atoms with Gasteiger partial charge in [-0.3, -0.25) is 4.98 Å². The molecule has 0 fully saturated rings. The number of hydrogen-bond donors (Lipinski definition) is 1. The molecule has 0 bridgehead atoms. The van der Waals surface area contributed by atoms with Crippen molar-refractivity contribution >= 4 is 37.7 Å². The Morgan fingerprint density at radius 3 is 2.82 bits per heavy atom. The molecule has 3 aromatic rings. The van der Waals surface area contributed by atoms with Crippen LogP contribution in [0.1, 0.15) is 5.69 Å². The molecule has 0 spiro atoms. The highest BCUT2D eigenvalue weighted by atomic mass is 79.9. The summed E-state index contributed by atoms with van der Waals surface area (Å²) in [6.45, 7) is 2.00. The molecule has 0 saturated carbocycles. The number of rotatable bonds is 1. The fraction of sp³-hybridized carbons (Fsp3) is 0.154. The van der Waals surface area contributed by atoms with E-state index in [0.29, 0.717) is 0 Å². The third-order valence-corrected chi connectivity index (χ3v) is 3.66. The van der Waals surface area contributed by atoms with Gasteiger partial charge in [0.1, 0.15) is 5.75 Å². The third kappa shape index (κ3) is 1.44. The minimum Gasteiger partial charge on any atom is -0.495 e. The highest BCUT2D eigenvalue weighted by Gasteiger charge is 2.12. The zero-order valence-corrected chi connectivity index (χ0v) is 11.1. The van der Waals surface area contributed by atoms with Gasteiger partial charge in [0, 0.05) is 21.4 Å². The number of aromatic amines is 1. The maximum atomic E-state index is 5.38. The molecule has 2 aromatic heterocycles. The minimum atomic E-state index is 0.846. The summed E-state index contributed by atoms with van der Waals surface area (Å²) in [5.74, 6) is 0.846. The van der Waals surface area contributed by atoms with Crippen molar-refractivity contribution in [3.63, 3.8) is 0 Å². The molecule has 3 nitrogen and oxygen atoms in total. The summed E-state index contributed by atoms with van der Waals surface area (Å²) in [5, 5.41) is 2.31. The summed E-state index contributed by atoms with van der Waals surface area (Å²) < 4.78 is 6.44. The molecule has 0 aliphatic rings. The van der Waals surface area contributed by atoms with Crippen molar-refractivity contribution in [2.45, 2.75) is 6.92 Å². The van der Waals surface area contributed by atoms with Crippen LogP contribution in [-0.4, -0.2) is 17.1 Å². The first-order valence-electron chi connectivity index (χ1n) is 5.32. The predicted octanol–water partition coefficient (Wildman–Crippen LogP) is 3.80. The molecule has 17 heavy (non-hydrogen) atoms. The van der Waals surface area contributed by atoms with Gasteiger partial charge in [0.05, 0.1) is 23.8 Å². The number of nitrogens with one attached hydrogen (secondary N) is 1. The van der Waals surface area contributed by atoms with Gasteiger partial charge in [0.15, 0.2) is 0 Å². The van der Waals surface area contributed by atoms with Gasteiger partial charge >= 0.3 is 0 Å². The number of ether oxygens (including phenoxy) is 1. The lowest BCUT2D eigenvalue weighted by Crippen LogP contribution is -1.84. The van der Waals surface area contributed by atoms with Gasteiger partial charge in [-0.05, 0) is 25.1 Å². The Kier molecular flexibility index (Phi) is 2.33. The highest BCUT2D eigenvalue weighted by Crippen LogP contribution is 2.37. The largest absolute Gasteiger partial charge is 0.495 e. The summed E-state index contributed by atoms with van der Waals surface area (Å²) in [6.07, 6.45) is 1.83. The van der Waals surface area contributed by atoms with Crippen LogP contribution in [0.15, 0.2) is 28.9 Å². The van der Waals surface area contributed by atoms with E-state index in [-0.39, 0.29) is 0 Å². The van der Waals surface area contributed by atoms with Crippen molar-refractivity contribution in [2.75, 3.05) is 7.11 Å². The summed E-state index contributed by atoms with van der Waals surface area (Å²) >= 11 is 3.59.